The minimum atomic E-state index is -0.169. The van der Waals surface area contributed by atoms with Gasteiger partial charge in [0.25, 0.3) is 5.56 Å². The maximum Gasteiger partial charge on any atom is 0.283 e. The number of benzene rings is 1. The number of H-pyrrole nitrogens is 1. The summed E-state index contributed by atoms with van der Waals surface area (Å²) in [4.78, 5) is 20.9. The number of aromatic nitrogens is 3. The molecule has 4 rings (SSSR count). The Morgan fingerprint density at radius 2 is 2.06 bits per heavy atom. The van der Waals surface area contributed by atoms with Crippen LogP contribution >= 0.6 is 23.4 Å². The molecule has 1 saturated carbocycles. The van der Waals surface area contributed by atoms with Crippen molar-refractivity contribution < 1.29 is 14.2 Å². The summed E-state index contributed by atoms with van der Waals surface area (Å²) >= 11 is 7.93. The SMILES string of the molecule is CCOCCOCCSc1nc2cc[nH]c2c(=O)n1-c1ccc(OCC2CC2)c(Cl)c1. The van der Waals surface area contributed by atoms with Crippen LogP contribution in [0.2, 0.25) is 5.02 Å². The van der Waals surface area contributed by atoms with E-state index in [1.807, 2.05) is 19.1 Å². The second kappa shape index (κ2) is 10.5. The summed E-state index contributed by atoms with van der Waals surface area (Å²) in [5.74, 6) is 1.93. The maximum absolute atomic E-state index is 13.2. The van der Waals surface area contributed by atoms with Crippen molar-refractivity contribution in [3.63, 3.8) is 0 Å². The lowest BCUT2D eigenvalue weighted by Gasteiger charge is -2.14. The van der Waals surface area contributed by atoms with Gasteiger partial charge in [0, 0.05) is 18.6 Å². The fourth-order valence-corrected chi connectivity index (χ4v) is 4.19. The molecule has 3 aromatic rings. The highest BCUT2D eigenvalue weighted by Crippen LogP contribution is 2.33. The van der Waals surface area contributed by atoms with E-state index in [2.05, 4.69) is 9.97 Å². The molecule has 0 amide bonds. The fraction of sp³-hybridized carbons (Fsp3) is 0.455. The Hall–Kier alpha value is -2.00. The zero-order valence-corrected chi connectivity index (χ0v) is 19.0. The van der Waals surface area contributed by atoms with Crippen molar-refractivity contribution in [2.45, 2.75) is 24.9 Å². The second-order valence-corrected chi connectivity index (χ2v) is 8.77. The van der Waals surface area contributed by atoms with E-state index in [1.165, 1.54) is 24.6 Å². The highest BCUT2D eigenvalue weighted by Gasteiger charge is 2.22. The molecule has 0 radical (unpaired) electrons. The Morgan fingerprint density at radius 1 is 1.23 bits per heavy atom. The highest BCUT2D eigenvalue weighted by molar-refractivity contribution is 7.99. The van der Waals surface area contributed by atoms with Crippen molar-refractivity contribution in [3.8, 4) is 11.4 Å². The zero-order chi connectivity index (χ0) is 21.6. The predicted molar refractivity (Wildman–Crippen MR) is 123 cm³/mol. The van der Waals surface area contributed by atoms with E-state index in [0.717, 1.165) is 0 Å². The van der Waals surface area contributed by atoms with E-state index < -0.39 is 0 Å². The molecule has 0 aliphatic heterocycles. The molecule has 1 aliphatic carbocycles. The van der Waals surface area contributed by atoms with Gasteiger partial charge in [-0.25, -0.2) is 4.98 Å². The monoisotopic (exact) mass is 463 g/mol. The number of hydrogen-bond acceptors (Lipinski definition) is 6. The number of aromatic amines is 1. The highest BCUT2D eigenvalue weighted by atomic mass is 35.5. The Kier molecular flexibility index (Phi) is 7.55. The molecule has 7 nitrogen and oxygen atoms in total. The second-order valence-electron chi connectivity index (χ2n) is 7.30. The first-order valence-electron chi connectivity index (χ1n) is 10.5. The maximum atomic E-state index is 13.2. The van der Waals surface area contributed by atoms with Gasteiger partial charge in [0.15, 0.2) is 5.16 Å². The van der Waals surface area contributed by atoms with E-state index >= 15 is 0 Å². The first-order chi connectivity index (χ1) is 15.2. The standard InChI is InChI=1S/C22H26ClN3O4S/c1-2-28-9-10-29-11-12-31-22-25-18-7-8-24-20(18)21(27)26(22)16-5-6-19(17(23)13-16)30-14-15-3-4-15/h5-8,13,15,24H,2-4,9-12,14H2,1H3. The number of ether oxygens (including phenoxy) is 3. The van der Waals surface area contributed by atoms with Crippen LogP contribution in [0.15, 0.2) is 40.4 Å². The summed E-state index contributed by atoms with van der Waals surface area (Å²) in [6.45, 7) is 4.97. The summed E-state index contributed by atoms with van der Waals surface area (Å²) in [5, 5.41) is 1.07. The molecule has 2 aromatic heterocycles. The van der Waals surface area contributed by atoms with Crippen molar-refractivity contribution >= 4 is 34.4 Å². The van der Waals surface area contributed by atoms with E-state index in [9.17, 15) is 4.79 Å². The number of hydrogen-bond donors (Lipinski definition) is 1. The Bertz CT molecular complexity index is 1080. The van der Waals surface area contributed by atoms with Crippen molar-refractivity contribution in [2.24, 2.45) is 5.92 Å². The number of nitrogens with zero attached hydrogens (tertiary/aromatic N) is 2. The lowest BCUT2D eigenvalue weighted by Crippen LogP contribution is -2.22. The lowest BCUT2D eigenvalue weighted by atomic mass is 10.3. The van der Waals surface area contributed by atoms with Crippen LogP contribution in [-0.2, 0) is 9.47 Å². The molecule has 0 atom stereocenters. The molecule has 0 unspecified atom stereocenters. The molecule has 1 aliphatic rings. The molecular weight excluding hydrogens is 438 g/mol. The van der Waals surface area contributed by atoms with Crippen molar-refractivity contribution in [1.29, 1.82) is 0 Å². The van der Waals surface area contributed by atoms with Crippen LogP contribution in [0.3, 0.4) is 0 Å². The molecule has 0 bridgehead atoms. The van der Waals surface area contributed by atoms with Crippen LogP contribution in [-0.4, -0.2) is 53.3 Å². The third kappa shape index (κ3) is 5.63. The summed E-state index contributed by atoms with van der Waals surface area (Å²) < 4.78 is 18.3. The van der Waals surface area contributed by atoms with Gasteiger partial charge in [0.2, 0.25) is 0 Å². The number of rotatable bonds is 12. The predicted octanol–water partition coefficient (Wildman–Crippen LogP) is 4.30. The average molecular weight is 464 g/mol. The van der Waals surface area contributed by atoms with Crippen molar-refractivity contribution in [3.05, 3.63) is 45.8 Å². The Labute approximate surface area is 190 Å². The lowest BCUT2D eigenvalue weighted by molar-refractivity contribution is 0.0594. The van der Waals surface area contributed by atoms with Gasteiger partial charge in [-0.15, -0.1) is 0 Å². The zero-order valence-electron chi connectivity index (χ0n) is 17.4. The smallest absolute Gasteiger partial charge is 0.283 e. The molecule has 31 heavy (non-hydrogen) atoms. The Balaban J connectivity index is 1.54. The first kappa shape index (κ1) is 22.2. The number of nitrogens with one attached hydrogen (secondary N) is 1. The molecule has 1 N–H and O–H groups in total. The molecule has 9 heteroatoms. The van der Waals surface area contributed by atoms with E-state index in [1.54, 1.807) is 22.9 Å². The van der Waals surface area contributed by atoms with Crippen LogP contribution in [0.4, 0.5) is 0 Å². The normalized spacial score (nSPS) is 13.7. The third-order valence-corrected chi connectivity index (χ3v) is 6.13. The average Bonchev–Trinajstić information content (AvgIpc) is 3.47. The van der Waals surface area contributed by atoms with Gasteiger partial charge >= 0.3 is 0 Å². The number of fused-ring (bicyclic) bond motifs is 1. The molecule has 166 valence electrons. The van der Waals surface area contributed by atoms with Gasteiger partial charge in [-0.1, -0.05) is 23.4 Å². The fourth-order valence-electron chi connectivity index (χ4n) is 3.10. The summed E-state index contributed by atoms with van der Waals surface area (Å²) in [6.07, 6.45) is 4.14. The van der Waals surface area contributed by atoms with Crippen LogP contribution in [0.25, 0.3) is 16.7 Å². The summed E-state index contributed by atoms with van der Waals surface area (Å²) in [6, 6.07) is 7.21. The minimum Gasteiger partial charge on any atom is -0.492 e. The number of thioether (sulfide) groups is 1. The quantitative estimate of drug-likeness (QED) is 0.245. The largest absolute Gasteiger partial charge is 0.492 e. The van der Waals surface area contributed by atoms with Crippen LogP contribution in [0.1, 0.15) is 19.8 Å². The minimum absolute atomic E-state index is 0.169. The van der Waals surface area contributed by atoms with Gasteiger partial charge in [-0.2, -0.15) is 0 Å². The molecule has 0 spiro atoms. The molecule has 1 fully saturated rings. The van der Waals surface area contributed by atoms with Crippen LogP contribution < -0.4 is 10.3 Å². The van der Waals surface area contributed by atoms with Gasteiger partial charge in [0.1, 0.15) is 11.3 Å². The van der Waals surface area contributed by atoms with Crippen LogP contribution in [0, 0.1) is 5.92 Å². The third-order valence-electron chi connectivity index (χ3n) is 4.93. The van der Waals surface area contributed by atoms with Crippen molar-refractivity contribution in [2.75, 3.05) is 38.8 Å². The van der Waals surface area contributed by atoms with E-state index in [4.69, 9.17) is 25.8 Å². The van der Waals surface area contributed by atoms with Crippen molar-refractivity contribution in [1.82, 2.24) is 14.5 Å². The summed E-state index contributed by atoms with van der Waals surface area (Å²) in [5.41, 5.74) is 1.58. The van der Waals surface area contributed by atoms with Crippen LogP contribution in [0.5, 0.6) is 5.75 Å². The van der Waals surface area contributed by atoms with Gasteiger partial charge in [-0.05, 0) is 49.9 Å². The Morgan fingerprint density at radius 3 is 2.84 bits per heavy atom. The van der Waals surface area contributed by atoms with E-state index in [0.29, 0.717) is 77.4 Å². The van der Waals surface area contributed by atoms with Gasteiger partial charge < -0.3 is 19.2 Å². The molecular formula is C22H26ClN3O4S. The first-order valence-corrected chi connectivity index (χ1v) is 11.8. The molecule has 1 aromatic carbocycles. The van der Waals surface area contributed by atoms with E-state index in [-0.39, 0.29) is 5.56 Å². The number of halogens is 1. The molecule has 2 heterocycles. The topological polar surface area (TPSA) is 78.4 Å². The molecule has 0 saturated heterocycles. The summed E-state index contributed by atoms with van der Waals surface area (Å²) in [7, 11) is 0. The van der Waals surface area contributed by atoms with Gasteiger partial charge in [-0.3, -0.25) is 9.36 Å². The van der Waals surface area contributed by atoms with Gasteiger partial charge in [0.05, 0.1) is 42.7 Å².